The molecule has 2 amide bonds. The third kappa shape index (κ3) is 4.56. The zero-order valence-corrected chi connectivity index (χ0v) is 14.2. The van der Waals surface area contributed by atoms with Gasteiger partial charge in [-0.2, -0.15) is 0 Å². The fraction of sp³-hybridized carbons (Fsp3) is 0.412. The van der Waals surface area contributed by atoms with Gasteiger partial charge in [0.2, 0.25) is 5.89 Å². The number of benzene rings is 1. The maximum Gasteiger partial charge on any atom is 0.321 e. The van der Waals surface area contributed by atoms with Crippen molar-refractivity contribution >= 4 is 11.7 Å². The highest BCUT2D eigenvalue weighted by atomic mass is 16.3. The molecule has 1 heterocycles. The summed E-state index contributed by atoms with van der Waals surface area (Å²) in [6.45, 7) is 7.37. The van der Waals surface area contributed by atoms with Crippen LogP contribution in [-0.2, 0) is 0 Å². The molecule has 0 unspecified atom stereocenters. The Hall–Kier alpha value is -2.34. The molecule has 0 fully saturated rings. The van der Waals surface area contributed by atoms with Gasteiger partial charge in [0, 0.05) is 18.3 Å². The van der Waals surface area contributed by atoms with E-state index in [4.69, 9.17) is 4.42 Å². The number of urea groups is 1. The molecule has 2 rings (SSSR count). The van der Waals surface area contributed by atoms with Crippen LogP contribution in [0.25, 0.3) is 11.5 Å². The Kier molecular flexibility index (Phi) is 4.75. The second-order valence-electron chi connectivity index (χ2n) is 6.42. The van der Waals surface area contributed by atoms with E-state index in [9.17, 15) is 9.90 Å². The lowest BCUT2D eigenvalue weighted by Gasteiger charge is -2.25. The highest BCUT2D eigenvalue weighted by Gasteiger charge is 2.19. The molecule has 1 aromatic carbocycles. The van der Waals surface area contributed by atoms with Crippen molar-refractivity contribution in [3.63, 3.8) is 0 Å². The maximum atomic E-state index is 12.2. The van der Waals surface area contributed by atoms with E-state index in [2.05, 4.69) is 10.3 Å². The first-order chi connectivity index (χ1) is 10.7. The molecule has 0 saturated carbocycles. The zero-order chi connectivity index (χ0) is 17.2. The van der Waals surface area contributed by atoms with Gasteiger partial charge in [-0.1, -0.05) is 6.07 Å². The number of aliphatic hydroxyl groups is 1. The number of nitrogens with one attached hydrogen (secondary N) is 1. The molecule has 0 spiro atoms. The molecule has 0 bridgehead atoms. The summed E-state index contributed by atoms with van der Waals surface area (Å²) in [5.41, 5.74) is 2.35. The molecule has 6 heteroatoms. The topological polar surface area (TPSA) is 78.6 Å². The number of hydrogen-bond donors (Lipinski definition) is 2. The number of amides is 2. The van der Waals surface area contributed by atoms with Crippen LogP contribution in [0.15, 0.2) is 28.9 Å². The quantitative estimate of drug-likeness (QED) is 0.907. The summed E-state index contributed by atoms with van der Waals surface area (Å²) in [5, 5.41) is 12.6. The van der Waals surface area contributed by atoms with Gasteiger partial charge in [0.05, 0.1) is 17.8 Å². The van der Waals surface area contributed by atoms with Crippen molar-refractivity contribution in [2.24, 2.45) is 0 Å². The minimum atomic E-state index is -0.944. The first kappa shape index (κ1) is 17.0. The standard InChI is InChI=1S/C17H23N3O3/c1-11-6-7-13(8-14(11)15-18-12(2)9-23-15)19-16(21)20(5)10-17(3,4)22/h6-9,22H,10H2,1-5H3,(H,19,21). The number of carbonyl (C=O) groups is 1. The average molecular weight is 317 g/mol. The van der Waals surface area contributed by atoms with Crippen LogP contribution in [0.2, 0.25) is 0 Å². The number of likely N-dealkylation sites (N-methyl/N-ethyl adjacent to an activating group) is 1. The number of carbonyl (C=O) groups excluding carboxylic acids is 1. The van der Waals surface area contributed by atoms with Crippen molar-refractivity contribution in [2.45, 2.75) is 33.3 Å². The van der Waals surface area contributed by atoms with Crippen LogP contribution in [0.4, 0.5) is 10.5 Å². The number of rotatable bonds is 4. The fourth-order valence-corrected chi connectivity index (χ4v) is 2.28. The predicted molar refractivity (Wildman–Crippen MR) is 89.4 cm³/mol. The molecule has 0 aliphatic carbocycles. The number of aryl methyl sites for hydroxylation is 2. The van der Waals surface area contributed by atoms with Crippen molar-refractivity contribution in [2.75, 3.05) is 18.9 Å². The summed E-state index contributed by atoms with van der Waals surface area (Å²) in [7, 11) is 1.64. The summed E-state index contributed by atoms with van der Waals surface area (Å²) < 4.78 is 5.44. The van der Waals surface area contributed by atoms with E-state index in [1.807, 2.05) is 32.0 Å². The third-order valence-electron chi connectivity index (χ3n) is 3.31. The number of nitrogens with zero attached hydrogens (tertiary/aromatic N) is 2. The van der Waals surface area contributed by atoms with Crippen LogP contribution >= 0.6 is 0 Å². The Morgan fingerprint density at radius 3 is 2.65 bits per heavy atom. The van der Waals surface area contributed by atoms with Crippen LogP contribution in [-0.4, -0.2) is 40.2 Å². The Morgan fingerprint density at radius 2 is 2.09 bits per heavy atom. The second kappa shape index (κ2) is 6.42. The summed E-state index contributed by atoms with van der Waals surface area (Å²) in [6.07, 6.45) is 1.59. The lowest BCUT2D eigenvalue weighted by atomic mass is 10.1. The molecule has 2 aromatic rings. The first-order valence-corrected chi connectivity index (χ1v) is 7.43. The Bertz CT molecular complexity index is 701. The number of hydrogen-bond acceptors (Lipinski definition) is 4. The van der Waals surface area contributed by atoms with E-state index >= 15 is 0 Å². The number of oxazole rings is 1. The molecule has 0 saturated heterocycles. The molecule has 0 aliphatic rings. The molecule has 124 valence electrons. The van der Waals surface area contributed by atoms with Gasteiger partial charge in [0.1, 0.15) is 6.26 Å². The van der Waals surface area contributed by atoms with E-state index < -0.39 is 5.60 Å². The Balaban J connectivity index is 2.17. The molecule has 23 heavy (non-hydrogen) atoms. The van der Waals surface area contributed by atoms with Gasteiger partial charge in [-0.05, 0) is 45.4 Å². The average Bonchev–Trinajstić information content (AvgIpc) is 2.85. The maximum absolute atomic E-state index is 12.2. The third-order valence-corrected chi connectivity index (χ3v) is 3.31. The highest BCUT2D eigenvalue weighted by Crippen LogP contribution is 2.26. The highest BCUT2D eigenvalue weighted by molar-refractivity contribution is 5.90. The summed E-state index contributed by atoms with van der Waals surface area (Å²) in [4.78, 5) is 18.0. The Labute approximate surface area is 136 Å². The van der Waals surface area contributed by atoms with Crippen LogP contribution in [0.3, 0.4) is 0 Å². The minimum absolute atomic E-state index is 0.233. The van der Waals surface area contributed by atoms with Gasteiger partial charge in [0.25, 0.3) is 0 Å². The van der Waals surface area contributed by atoms with Gasteiger partial charge in [-0.25, -0.2) is 9.78 Å². The van der Waals surface area contributed by atoms with Crippen LogP contribution in [0.1, 0.15) is 25.1 Å². The van der Waals surface area contributed by atoms with Gasteiger partial charge >= 0.3 is 6.03 Å². The lowest BCUT2D eigenvalue weighted by Crippen LogP contribution is -2.41. The van der Waals surface area contributed by atoms with Crippen LogP contribution < -0.4 is 5.32 Å². The van der Waals surface area contributed by atoms with Crippen molar-refractivity contribution in [1.82, 2.24) is 9.88 Å². The number of aromatic nitrogens is 1. The zero-order valence-electron chi connectivity index (χ0n) is 14.2. The summed E-state index contributed by atoms with van der Waals surface area (Å²) in [5.74, 6) is 0.529. The molecular formula is C17H23N3O3. The first-order valence-electron chi connectivity index (χ1n) is 7.43. The fourth-order valence-electron chi connectivity index (χ4n) is 2.28. The van der Waals surface area contributed by atoms with E-state index in [0.29, 0.717) is 11.6 Å². The van der Waals surface area contributed by atoms with Gasteiger partial charge < -0.3 is 19.7 Å². The van der Waals surface area contributed by atoms with Gasteiger partial charge in [-0.15, -0.1) is 0 Å². The largest absolute Gasteiger partial charge is 0.444 e. The summed E-state index contributed by atoms with van der Waals surface area (Å²) in [6, 6.07) is 5.27. The lowest BCUT2D eigenvalue weighted by molar-refractivity contribution is 0.0550. The molecule has 6 nitrogen and oxygen atoms in total. The van der Waals surface area contributed by atoms with Crippen molar-refractivity contribution in [1.29, 1.82) is 0 Å². The molecule has 2 N–H and O–H groups in total. The van der Waals surface area contributed by atoms with E-state index in [-0.39, 0.29) is 12.6 Å². The number of anilines is 1. The van der Waals surface area contributed by atoms with Crippen molar-refractivity contribution < 1.29 is 14.3 Å². The van der Waals surface area contributed by atoms with E-state index in [1.54, 1.807) is 27.2 Å². The molecule has 0 aliphatic heterocycles. The molecule has 1 aromatic heterocycles. The molecule has 0 radical (unpaired) electrons. The SMILES string of the molecule is Cc1coc(-c2cc(NC(=O)N(C)CC(C)(C)O)ccc2C)n1. The smallest absolute Gasteiger partial charge is 0.321 e. The van der Waals surface area contributed by atoms with Gasteiger partial charge in [-0.3, -0.25) is 0 Å². The van der Waals surface area contributed by atoms with Crippen molar-refractivity contribution in [3.8, 4) is 11.5 Å². The van der Waals surface area contributed by atoms with E-state index in [1.165, 1.54) is 4.90 Å². The molecular weight excluding hydrogens is 294 g/mol. The normalized spacial score (nSPS) is 11.4. The second-order valence-corrected chi connectivity index (χ2v) is 6.42. The molecule has 0 atom stereocenters. The van der Waals surface area contributed by atoms with Crippen LogP contribution in [0, 0.1) is 13.8 Å². The Morgan fingerprint density at radius 1 is 1.39 bits per heavy atom. The van der Waals surface area contributed by atoms with Crippen molar-refractivity contribution in [3.05, 3.63) is 35.7 Å². The van der Waals surface area contributed by atoms with Gasteiger partial charge in [0.15, 0.2) is 0 Å². The predicted octanol–water partition coefficient (Wildman–Crippen LogP) is 3.19. The summed E-state index contributed by atoms with van der Waals surface area (Å²) >= 11 is 0. The monoisotopic (exact) mass is 317 g/mol. The van der Waals surface area contributed by atoms with E-state index in [0.717, 1.165) is 16.8 Å². The van der Waals surface area contributed by atoms with Crippen LogP contribution in [0.5, 0.6) is 0 Å². The minimum Gasteiger partial charge on any atom is -0.444 e.